The number of nitrogens with two attached hydrogens (primary N) is 2. The second kappa shape index (κ2) is 7.45. The first kappa shape index (κ1) is 17.6. The summed E-state index contributed by atoms with van der Waals surface area (Å²) in [5, 5.41) is 14.3. The molecule has 9 heteroatoms. The van der Waals surface area contributed by atoms with Gasteiger partial charge in [-0.1, -0.05) is 6.07 Å². The van der Waals surface area contributed by atoms with Crippen LogP contribution in [0.3, 0.4) is 0 Å². The predicted molar refractivity (Wildman–Crippen MR) is 101 cm³/mol. The number of carbonyl (C=O) groups excluding carboxylic acids is 1. The summed E-state index contributed by atoms with van der Waals surface area (Å²) in [6.45, 7) is 1.10. The van der Waals surface area contributed by atoms with Crippen molar-refractivity contribution < 1.29 is 9.53 Å². The molecule has 2 atom stereocenters. The van der Waals surface area contributed by atoms with E-state index < -0.39 is 5.91 Å². The van der Waals surface area contributed by atoms with E-state index in [4.69, 9.17) is 16.2 Å². The maximum Gasteiger partial charge on any atom is 0.273 e. The van der Waals surface area contributed by atoms with E-state index in [9.17, 15) is 4.79 Å². The van der Waals surface area contributed by atoms with E-state index in [-0.39, 0.29) is 23.6 Å². The molecule has 0 unspecified atom stereocenters. The highest BCUT2D eigenvalue weighted by Gasteiger charge is 2.24. The number of amides is 1. The van der Waals surface area contributed by atoms with E-state index in [2.05, 4.69) is 37.9 Å². The Kier molecular flexibility index (Phi) is 4.87. The third kappa shape index (κ3) is 3.83. The van der Waals surface area contributed by atoms with Crippen molar-refractivity contribution in [2.75, 3.05) is 23.8 Å². The molecule has 0 bridgehead atoms. The van der Waals surface area contributed by atoms with Crippen LogP contribution < -0.4 is 22.1 Å². The number of fused-ring (bicyclic) bond motifs is 1. The summed E-state index contributed by atoms with van der Waals surface area (Å²) >= 11 is 0. The minimum absolute atomic E-state index is 0.00248. The van der Waals surface area contributed by atoms with E-state index in [1.165, 1.54) is 17.5 Å². The lowest BCUT2D eigenvalue weighted by Crippen LogP contribution is -2.48. The van der Waals surface area contributed by atoms with Crippen LogP contribution in [-0.2, 0) is 17.6 Å². The Hall–Kier alpha value is -2.78. The number of nitrogens with one attached hydrogen (secondary N) is 2. The number of hydrogen-bond donors (Lipinski definition) is 4. The van der Waals surface area contributed by atoms with E-state index >= 15 is 0 Å². The Labute approximate surface area is 156 Å². The number of anilines is 3. The highest BCUT2D eigenvalue weighted by atomic mass is 16.5. The molecule has 2 aromatic rings. The molecular weight excluding hydrogens is 346 g/mol. The van der Waals surface area contributed by atoms with E-state index in [1.807, 2.05) is 6.07 Å². The Bertz CT molecular complexity index is 858. The first-order valence-electron chi connectivity index (χ1n) is 9.13. The van der Waals surface area contributed by atoms with Crippen LogP contribution in [0.15, 0.2) is 18.2 Å². The number of ether oxygens (including phenoxy) is 1. The molecule has 2 heterocycles. The smallest absolute Gasteiger partial charge is 0.273 e. The minimum Gasteiger partial charge on any atom is -0.380 e. The molecule has 6 N–H and O–H groups in total. The number of carbonyl (C=O) groups is 1. The van der Waals surface area contributed by atoms with E-state index in [0.717, 1.165) is 24.9 Å². The third-order valence-corrected chi connectivity index (χ3v) is 5.00. The fraction of sp³-hybridized carbons (Fsp3) is 0.444. The van der Waals surface area contributed by atoms with Crippen molar-refractivity contribution in [2.24, 2.45) is 11.5 Å². The zero-order valence-electron chi connectivity index (χ0n) is 14.9. The molecule has 1 aromatic carbocycles. The summed E-state index contributed by atoms with van der Waals surface area (Å²) in [5.41, 5.74) is 15.0. The van der Waals surface area contributed by atoms with Crippen molar-refractivity contribution >= 4 is 23.4 Å². The van der Waals surface area contributed by atoms with Gasteiger partial charge in [0.05, 0.1) is 6.61 Å². The number of aryl methyl sites for hydroxylation is 2. The van der Waals surface area contributed by atoms with Crippen molar-refractivity contribution in [1.82, 2.24) is 15.2 Å². The first-order valence-corrected chi connectivity index (χ1v) is 9.13. The zero-order chi connectivity index (χ0) is 18.8. The lowest BCUT2D eigenvalue weighted by atomic mass is 10.1. The van der Waals surface area contributed by atoms with Gasteiger partial charge < -0.3 is 26.8 Å². The molecule has 142 valence electrons. The van der Waals surface area contributed by atoms with Gasteiger partial charge in [0.15, 0.2) is 11.5 Å². The second-order valence-corrected chi connectivity index (χ2v) is 6.94. The summed E-state index contributed by atoms with van der Waals surface area (Å²) in [6.07, 6.45) is 4.08. The van der Waals surface area contributed by atoms with Crippen molar-refractivity contribution in [2.45, 2.75) is 37.8 Å². The summed E-state index contributed by atoms with van der Waals surface area (Å²) in [6, 6.07) is 5.97. The molecule has 9 nitrogen and oxygen atoms in total. The average Bonchev–Trinajstić information content (AvgIpc) is 3.11. The number of nitrogens with zero attached hydrogens (tertiary/aromatic N) is 3. The molecule has 1 fully saturated rings. The van der Waals surface area contributed by atoms with E-state index in [1.54, 1.807) is 0 Å². The van der Waals surface area contributed by atoms with Crippen LogP contribution in [0, 0.1) is 0 Å². The average molecular weight is 369 g/mol. The summed E-state index contributed by atoms with van der Waals surface area (Å²) in [4.78, 5) is 16.2. The molecule has 1 aliphatic heterocycles. The molecule has 1 aliphatic carbocycles. The van der Waals surface area contributed by atoms with Gasteiger partial charge in [0.1, 0.15) is 0 Å². The lowest BCUT2D eigenvalue weighted by Gasteiger charge is -2.29. The molecule has 0 radical (unpaired) electrons. The number of benzene rings is 1. The van der Waals surface area contributed by atoms with Gasteiger partial charge in [-0.25, -0.2) is 0 Å². The standard InChI is InChI=1S/C18H23N7O2/c19-13-9-27-7-6-14(13)22-18-23-17(15(16(20)26)24-25-18)21-12-5-4-10-2-1-3-11(10)8-12/h4-5,8,13-14H,1-3,6-7,9,19H2,(H2,20,26)(H2,21,22,23,25)/t13-,14+/m0/s1. The van der Waals surface area contributed by atoms with Crippen LogP contribution in [0.4, 0.5) is 17.5 Å². The van der Waals surface area contributed by atoms with E-state index in [0.29, 0.717) is 19.2 Å². The van der Waals surface area contributed by atoms with Crippen molar-refractivity contribution in [3.8, 4) is 0 Å². The Morgan fingerprint density at radius 3 is 2.89 bits per heavy atom. The van der Waals surface area contributed by atoms with Gasteiger partial charge in [0.25, 0.3) is 5.91 Å². The molecule has 4 rings (SSSR count). The molecular formula is C18H23N7O2. The van der Waals surface area contributed by atoms with Gasteiger partial charge in [-0.2, -0.15) is 4.98 Å². The van der Waals surface area contributed by atoms with Crippen LogP contribution in [0.5, 0.6) is 0 Å². The fourth-order valence-electron chi connectivity index (χ4n) is 3.53. The third-order valence-electron chi connectivity index (χ3n) is 5.00. The molecule has 2 aliphatic rings. The summed E-state index contributed by atoms with van der Waals surface area (Å²) in [7, 11) is 0. The van der Waals surface area contributed by atoms with Gasteiger partial charge in [-0.15, -0.1) is 10.2 Å². The van der Waals surface area contributed by atoms with Gasteiger partial charge in [-0.3, -0.25) is 4.79 Å². The van der Waals surface area contributed by atoms with Gasteiger partial charge >= 0.3 is 0 Å². The first-order chi connectivity index (χ1) is 13.1. The predicted octanol–water partition coefficient (Wildman–Crippen LogP) is 0.731. The van der Waals surface area contributed by atoms with Crippen LogP contribution >= 0.6 is 0 Å². The van der Waals surface area contributed by atoms with Crippen LogP contribution in [-0.4, -0.2) is 46.4 Å². The minimum atomic E-state index is -0.687. The van der Waals surface area contributed by atoms with Gasteiger partial charge in [0, 0.05) is 24.4 Å². The summed E-state index contributed by atoms with van der Waals surface area (Å²) in [5.74, 6) is -0.113. The molecule has 1 aromatic heterocycles. The molecule has 1 amide bonds. The zero-order valence-corrected chi connectivity index (χ0v) is 14.9. The van der Waals surface area contributed by atoms with Gasteiger partial charge in [-0.05, 0) is 48.9 Å². The number of rotatable bonds is 5. The highest BCUT2D eigenvalue weighted by Crippen LogP contribution is 2.27. The van der Waals surface area contributed by atoms with Gasteiger partial charge in [0.2, 0.25) is 5.95 Å². The number of aromatic nitrogens is 3. The molecule has 27 heavy (non-hydrogen) atoms. The fourth-order valence-corrected chi connectivity index (χ4v) is 3.53. The van der Waals surface area contributed by atoms with Crippen LogP contribution in [0.2, 0.25) is 0 Å². The Balaban J connectivity index is 1.58. The largest absolute Gasteiger partial charge is 0.380 e. The maximum atomic E-state index is 11.7. The topological polar surface area (TPSA) is 141 Å². The van der Waals surface area contributed by atoms with Crippen LogP contribution in [0.25, 0.3) is 0 Å². The Morgan fingerprint density at radius 1 is 1.22 bits per heavy atom. The van der Waals surface area contributed by atoms with Crippen molar-refractivity contribution in [3.05, 3.63) is 35.0 Å². The highest BCUT2D eigenvalue weighted by molar-refractivity contribution is 5.96. The van der Waals surface area contributed by atoms with Crippen molar-refractivity contribution in [3.63, 3.8) is 0 Å². The lowest BCUT2D eigenvalue weighted by molar-refractivity contribution is 0.0751. The number of primary amides is 1. The molecule has 0 spiro atoms. The van der Waals surface area contributed by atoms with Crippen LogP contribution in [0.1, 0.15) is 34.5 Å². The van der Waals surface area contributed by atoms with Crippen molar-refractivity contribution in [1.29, 1.82) is 0 Å². The SMILES string of the molecule is NC(=O)c1nnc(N[C@@H]2CCOC[C@@H]2N)nc1Nc1ccc2c(c1)CCC2. The number of hydrogen-bond acceptors (Lipinski definition) is 8. The quantitative estimate of drug-likeness (QED) is 0.604. The Morgan fingerprint density at radius 2 is 2.07 bits per heavy atom. The summed E-state index contributed by atoms with van der Waals surface area (Å²) < 4.78 is 5.34. The molecule has 1 saturated heterocycles. The molecule has 0 saturated carbocycles. The normalized spacial score (nSPS) is 21.5. The monoisotopic (exact) mass is 369 g/mol. The maximum absolute atomic E-state index is 11.7. The second-order valence-electron chi connectivity index (χ2n) is 6.94.